The quantitative estimate of drug-likeness (QED) is 0.531. The van der Waals surface area contributed by atoms with Crippen molar-refractivity contribution >= 4 is 23.2 Å². The van der Waals surface area contributed by atoms with Crippen molar-refractivity contribution in [1.29, 1.82) is 0 Å². The minimum absolute atomic E-state index is 0.0461. The molecule has 2 heterocycles. The maximum absolute atomic E-state index is 14.1. The summed E-state index contributed by atoms with van der Waals surface area (Å²) in [7, 11) is 1.60. The molecule has 1 aromatic heterocycles. The molecule has 172 valence electrons. The molecule has 0 bridgehead atoms. The van der Waals surface area contributed by atoms with Crippen LogP contribution >= 0.6 is 11.3 Å². The third-order valence-corrected chi connectivity index (χ3v) is 6.18. The van der Waals surface area contributed by atoms with Gasteiger partial charge in [0.2, 0.25) is 5.91 Å². The van der Waals surface area contributed by atoms with Crippen molar-refractivity contribution in [3.8, 4) is 5.75 Å². The van der Waals surface area contributed by atoms with E-state index in [0.717, 1.165) is 11.3 Å². The number of hydrogen-bond acceptors (Lipinski definition) is 6. The van der Waals surface area contributed by atoms with E-state index in [1.54, 1.807) is 35.7 Å². The lowest BCUT2D eigenvalue weighted by molar-refractivity contribution is -0.132. The lowest BCUT2D eigenvalue weighted by Gasteiger charge is -2.25. The van der Waals surface area contributed by atoms with Gasteiger partial charge in [0.25, 0.3) is 5.91 Å². The van der Waals surface area contributed by atoms with Gasteiger partial charge in [-0.05, 0) is 23.8 Å². The number of carbonyl (C=O) groups excluding carboxylic acids is 2. The summed E-state index contributed by atoms with van der Waals surface area (Å²) in [5.74, 6) is -0.0689. The molecule has 7 nitrogen and oxygen atoms in total. The third kappa shape index (κ3) is 5.74. The SMILES string of the molecule is COc1ccc(CN2CC(OCc3ccccc3F)CN(C(=O)c3cncs3)CC2=O)cc1. The van der Waals surface area contributed by atoms with Crippen LogP contribution in [-0.4, -0.2) is 59.4 Å². The average molecular weight is 470 g/mol. The number of thiazole rings is 1. The van der Waals surface area contributed by atoms with E-state index >= 15 is 0 Å². The Hall–Kier alpha value is -3.30. The zero-order valence-corrected chi connectivity index (χ0v) is 19.0. The number of amides is 2. The van der Waals surface area contributed by atoms with Gasteiger partial charge in [-0.2, -0.15) is 0 Å². The van der Waals surface area contributed by atoms with Crippen LogP contribution in [0, 0.1) is 5.82 Å². The summed E-state index contributed by atoms with van der Waals surface area (Å²) in [6.07, 6.45) is 1.01. The number of ether oxygens (including phenoxy) is 2. The number of halogens is 1. The number of methoxy groups -OCH3 is 1. The molecule has 2 aromatic carbocycles. The number of nitrogens with zero attached hydrogens (tertiary/aromatic N) is 3. The average Bonchev–Trinajstić information content (AvgIpc) is 3.32. The predicted octanol–water partition coefficient (Wildman–Crippen LogP) is 3.36. The van der Waals surface area contributed by atoms with Gasteiger partial charge in [0.15, 0.2) is 0 Å². The van der Waals surface area contributed by atoms with Crippen LogP contribution in [0.1, 0.15) is 20.8 Å². The van der Waals surface area contributed by atoms with Crippen molar-refractivity contribution < 1.29 is 23.5 Å². The molecule has 4 rings (SSSR count). The first kappa shape index (κ1) is 22.9. The highest BCUT2D eigenvalue weighted by Crippen LogP contribution is 2.19. The number of carbonyl (C=O) groups is 2. The summed E-state index contributed by atoms with van der Waals surface area (Å²) in [4.78, 5) is 33.6. The van der Waals surface area contributed by atoms with Crippen LogP contribution in [0.4, 0.5) is 4.39 Å². The largest absolute Gasteiger partial charge is 0.497 e. The second kappa shape index (κ2) is 10.5. The van der Waals surface area contributed by atoms with Gasteiger partial charge in [-0.15, -0.1) is 11.3 Å². The van der Waals surface area contributed by atoms with E-state index in [-0.39, 0.29) is 43.9 Å². The van der Waals surface area contributed by atoms with Crippen LogP contribution in [0.5, 0.6) is 5.75 Å². The molecule has 1 atom stereocenters. The van der Waals surface area contributed by atoms with E-state index < -0.39 is 6.10 Å². The topological polar surface area (TPSA) is 72.0 Å². The van der Waals surface area contributed by atoms with Gasteiger partial charge in [0, 0.05) is 25.2 Å². The first-order chi connectivity index (χ1) is 16.0. The van der Waals surface area contributed by atoms with E-state index in [0.29, 0.717) is 17.0 Å². The summed E-state index contributed by atoms with van der Waals surface area (Å²) >= 11 is 1.22. The third-order valence-electron chi connectivity index (χ3n) is 5.42. The lowest BCUT2D eigenvalue weighted by atomic mass is 10.2. The molecule has 3 aromatic rings. The van der Waals surface area contributed by atoms with E-state index in [4.69, 9.17) is 9.47 Å². The number of benzene rings is 2. The van der Waals surface area contributed by atoms with Crippen LogP contribution in [0.2, 0.25) is 0 Å². The van der Waals surface area contributed by atoms with Crippen LogP contribution in [0.25, 0.3) is 0 Å². The van der Waals surface area contributed by atoms with Crippen molar-refractivity contribution in [1.82, 2.24) is 14.8 Å². The standard InChI is InChI=1S/C24H24FN3O4S/c1-31-19-8-6-17(7-9-19)11-27-12-20(32-15-18-4-2-3-5-21(18)25)13-28(14-23(27)29)24(30)22-10-26-16-33-22/h2-10,16,20H,11-15H2,1H3. The molecule has 1 aliphatic rings. The van der Waals surface area contributed by atoms with Crippen molar-refractivity contribution in [2.24, 2.45) is 0 Å². The molecule has 1 saturated heterocycles. The van der Waals surface area contributed by atoms with Gasteiger partial charge in [-0.1, -0.05) is 30.3 Å². The fraction of sp³-hybridized carbons (Fsp3) is 0.292. The Kier molecular flexibility index (Phi) is 7.31. The Morgan fingerprint density at radius 3 is 2.67 bits per heavy atom. The van der Waals surface area contributed by atoms with Gasteiger partial charge < -0.3 is 19.3 Å². The Bertz CT molecular complexity index is 1090. The Labute approximate surface area is 195 Å². The normalized spacial score (nSPS) is 16.5. The summed E-state index contributed by atoms with van der Waals surface area (Å²) in [5.41, 5.74) is 2.93. The smallest absolute Gasteiger partial charge is 0.266 e. The van der Waals surface area contributed by atoms with Crippen molar-refractivity contribution in [3.63, 3.8) is 0 Å². The fourth-order valence-corrected chi connectivity index (χ4v) is 4.23. The maximum Gasteiger partial charge on any atom is 0.266 e. The number of hydrogen-bond donors (Lipinski definition) is 0. The van der Waals surface area contributed by atoms with Crippen LogP contribution in [-0.2, 0) is 22.7 Å². The molecule has 0 N–H and O–H groups in total. The van der Waals surface area contributed by atoms with Crippen LogP contribution in [0.3, 0.4) is 0 Å². The second-order valence-electron chi connectivity index (χ2n) is 7.70. The number of rotatable bonds is 7. The molecule has 33 heavy (non-hydrogen) atoms. The molecule has 0 aliphatic carbocycles. The van der Waals surface area contributed by atoms with Gasteiger partial charge in [-0.3, -0.25) is 14.6 Å². The highest BCUT2D eigenvalue weighted by molar-refractivity contribution is 7.11. The Morgan fingerprint density at radius 1 is 1.18 bits per heavy atom. The van der Waals surface area contributed by atoms with Crippen molar-refractivity contribution in [2.75, 3.05) is 26.7 Å². The van der Waals surface area contributed by atoms with E-state index in [2.05, 4.69) is 4.98 Å². The minimum atomic E-state index is -0.480. The first-order valence-corrected chi connectivity index (χ1v) is 11.3. The minimum Gasteiger partial charge on any atom is -0.497 e. The maximum atomic E-state index is 14.1. The molecule has 1 fully saturated rings. The van der Waals surface area contributed by atoms with Crippen LogP contribution < -0.4 is 4.74 Å². The van der Waals surface area contributed by atoms with E-state index in [9.17, 15) is 14.0 Å². The summed E-state index contributed by atoms with van der Waals surface area (Å²) in [6.45, 7) is 0.851. The van der Waals surface area contributed by atoms with Gasteiger partial charge >= 0.3 is 0 Å². The highest BCUT2D eigenvalue weighted by Gasteiger charge is 2.32. The van der Waals surface area contributed by atoms with Crippen LogP contribution in [0.15, 0.2) is 60.2 Å². The molecule has 1 aliphatic heterocycles. The molecule has 0 saturated carbocycles. The van der Waals surface area contributed by atoms with E-state index in [1.165, 1.54) is 28.5 Å². The van der Waals surface area contributed by atoms with Gasteiger partial charge in [0.1, 0.15) is 23.0 Å². The zero-order chi connectivity index (χ0) is 23.2. The lowest BCUT2D eigenvalue weighted by Crippen LogP contribution is -2.39. The number of aromatic nitrogens is 1. The van der Waals surface area contributed by atoms with E-state index in [1.807, 2.05) is 24.3 Å². The summed E-state index contributed by atoms with van der Waals surface area (Å²) in [5, 5.41) is 0. The second-order valence-corrected chi connectivity index (χ2v) is 8.58. The van der Waals surface area contributed by atoms with Gasteiger partial charge in [-0.25, -0.2) is 4.39 Å². The molecule has 1 unspecified atom stereocenters. The predicted molar refractivity (Wildman–Crippen MR) is 121 cm³/mol. The first-order valence-electron chi connectivity index (χ1n) is 10.5. The molecular weight excluding hydrogens is 445 g/mol. The summed E-state index contributed by atoms with van der Waals surface area (Å²) < 4.78 is 25.3. The Balaban J connectivity index is 1.52. The summed E-state index contributed by atoms with van der Waals surface area (Å²) in [6, 6.07) is 13.9. The fourth-order valence-electron chi connectivity index (χ4n) is 3.64. The molecule has 0 spiro atoms. The molecule has 2 amide bonds. The monoisotopic (exact) mass is 469 g/mol. The van der Waals surface area contributed by atoms with Crippen molar-refractivity contribution in [3.05, 3.63) is 82.1 Å². The van der Waals surface area contributed by atoms with Crippen molar-refractivity contribution in [2.45, 2.75) is 19.3 Å². The van der Waals surface area contributed by atoms with Gasteiger partial charge in [0.05, 0.1) is 31.5 Å². The zero-order valence-electron chi connectivity index (χ0n) is 18.1. The Morgan fingerprint density at radius 2 is 1.97 bits per heavy atom. The molecule has 0 radical (unpaired) electrons. The molecular formula is C24H24FN3O4S. The highest BCUT2D eigenvalue weighted by atomic mass is 32.1. The molecule has 9 heteroatoms.